The molecule has 7 nitrogen and oxygen atoms in total. The number of phenols is 1. The molecule has 0 aliphatic carbocycles. The normalized spacial score (nSPS) is 10.9. The number of aromatic nitrogens is 4. The molecule has 0 bridgehead atoms. The number of carbonyl (C=O) groups excluding carboxylic acids is 1. The van der Waals surface area contributed by atoms with Gasteiger partial charge >= 0.3 is 0 Å². The predicted molar refractivity (Wildman–Crippen MR) is 119 cm³/mol. The molecular weight excluding hydrogens is 392 g/mol. The van der Waals surface area contributed by atoms with Gasteiger partial charge in [0, 0.05) is 18.0 Å². The van der Waals surface area contributed by atoms with Crippen LogP contribution in [-0.2, 0) is 25.8 Å². The lowest BCUT2D eigenvalue weighted by Gasteiger charge is -2.14. The molecule has 0 unspecified atom stereocenters. The van der Waals surface area contributed by atoms with E-state index in [1.807, 2.05) is 25.4 Å². The van der Waals surface area contributed by atoms with E-state index >= 15 is 0 Å². The number of rotatable bonds is 12. The maximum Gasteiger partial charge on any atom is 0.163 e. The van der Waals surface area contributed by atoms with Gasteiger partial charge in [-0.3, -0.25) is 9.78 Å². The van der Waals surface area contributed by atoms with Gasteiger partial charge in [-0.25, -0.2) is 0 Å². The van der Waals surface area contributed by atoms with Crippen LogP contribution in [0.4, 0.5) is 0 Å². The van der Waals surface area contributed by atoms with Crippen molar-refractivity contribution in [2.24, 2.45) is 0 Å². The highest BCUT2D eigenvalue weighted by Crippen LogP contribution is 2.33. The van der Waals surface area contributed by atoms with Crippen molar-refractivity contribution in [2.75, 3.05) is 6.61 Å². The highest BCUT2D eigenvalue weighted by molar-refractivity contribution is 5.97. The summed E-state index contributed by atoms with van der Waals surface area (Å²) in [5.74, 6) is 0.565. The first-order valence-electron chi connectivity index (χ1n) is 10.8. The van der Waals surface area contributed by atoms with Gasteiger partial charge in [-0.1, -0.05) is 19.4 Å². The molecule has 0 aliphatic heterocycles. The quantitative estimate of drug-likeness (QED) is 0.348. The van der Waals surface area contributed by atoms with Crippen molar-refractivity contribution in [2.45, 2.75) is 58.9 Å². The van der Waals surface area contributed by atoms with Crippen molar-refractivity contribution >= 4 is 5.78 Å². The van der Waals surface area contributed by atoms with Crippen molar-refractivity contribution in [3.05, 3.63) is 65.2 Å². The number of carbonyl (C=O) groups is 1. The Kier molecular flexibility index (Phi) is 8.15. The fraction of sp³-hybridized carbons (Fsp3) is 0.417. The standard InChI is InChI=1S/C24H30N4O3/c1-3-7-22-23(11-10-21(18(2)29)24(22)30)31-15-5-4-9-20-17-26-28(27-20)14-12-19-8-6-13-25-16-19/h6,8,10-11,13,16-17,30H,3-5,7,9,12,14-15H2,1-2H3. The summed E-state index contributed by atoms with van der Waals surface area (Å²) in [6.07, 6.45) is 10.5. The van der Waals surface area contributed by atoms with Crippen LogP contribution in [0.1, 0.15) is 60.3 Å². The van der Waals surface area contributed by atoms with Gasteiger partial charge in [0.15, 0.2) is 5.78 Å². The van der Waals surface area contributed by atoms with Crippen LogP contribution in [0.25, 0.3) is 0 Å². The molecular formula is C24H30N4O3. The van der Waals surface area contributed by atoms with Gasteiger partial charge < -0.3 is 9.84 Å². The van der Waals surface area contributed by atoms with Crippen molar-refractivity contribution < 1.29 is 14.6 Å². The zero-order valence-electron chi connectivity index (χ0n) is 18.3. The number of unbranched alkanes of at least 4 members (excludes halogenated alkanes) is 1. The Morgan fingerprint density at radius 2 is 2.00 bits per heavy atom. The molecule has 0 radical (unpaired) electrons. The van der Waals surface area contributed by atoms with E-state index in [2.05, 4.69) is 21.2 Å². The number of ketones is 1. The smallest absolute Gasteiger partial charge is 0.163 e. The van der Waals surface area contributed by atoms with Crippen LogP contribution >= 0.6 is 0 Å². The van der Waals surface area contributed by atoms with Gasteiger partial charge in [0.05, 0.1) is 30.6 Å². The lowest BCUT2D eigenvalue weighted by atomic mass is 10.0. The van der Waals surface area contributed by atoms with E-state index in [1.165, 1.54) is 12.5 Å². The topological polar surface area (TPSA) is 90.1 Å². The van der Waals surface area contributed by atoms with Crippen molar-refractivity contribution in [1.82, 2.24) is 20.0 Å². The molecule has 3 aromatic rings. The van der Waals surface area contributed by atoms with Gasteiger partial charge in [-0.2, -0.15) is 15.0 Å². The van der Waals surface area contributed by atoms with Gasteiger partial charge in [0.25, 0.3) is 0 Å². The lowest BCUT2D eigenvalue weighted by molar-refractivity contribution is 0.101. The number of aryl methyl sites for hydroxylation is 3. The number of aromatic hydroxyl groups is 1. The first-order chi connectivity index (χ1) is 15.1. The summed E-state index contributed by atoms with van der Waals surface area (Å²) in [6, 6.07) is 7.41. The second-order valence-corrected chi connectivity index (χ2v) is 7.59. The summed E-state index contributed by atoms with van der Waals surface area (Å²) in [5.41, 5.74) is 3.21. The zero-order chi connectivity index (χ0) is 22.1. The average molecular weight is 423 g/mol. The highest BCUT2D eigenvalue weighted by Gasteiger charge is 2.15. The third-order valence-corrected chi connectivity index (χ3v) is 5.11. The van der Waals surface area contributed by atoms with E-state index < -0.39 is 0 Å². The van der Waals surface area contributed by atoms with Crippen LogP contribution in [0.15, 0.2) is 42.9 Å². The van der Waals surface area contributed by atoms with E-state index in [-0.39, 0.29) is 11.5 Å². The number of phenolic OH excluding ortho intramolecular Hbond substituents is 1. The van der Waals surface area contributed by atoms with E-state index in [0.29, 0.717) is 29.9 Å². The minimum absolute atomic E-state index is 0.0507. The Balaban J connectivity index is 1.44. The van der Waals surface area contributed by atoms with E-state index in [9.17, 15) is 9.90 Å². The van der Waals surface area contributed by atoms with E-state index in [1.54, 1.807) is 23.1 Å². The number of hydrogen-bond donors (Lipinski definition) is 1. The second kappa shape index (κ2) is 11.2. The summed E-state index contributed by atoms with van der Waals surface area (Å²) < 4.78 is 5.92. The minimum Gasteiger partial charge on any atom is -0.507 e. The molecule has 0 saturated heterocycles. The summed E-state index contributed by atoms with van der Waals surface area (Å²) in [4.78, 5) is 17.5. The number of Topliss-reactive ketones (excluding diaryl/α,β-unsaturated/α-hetero) is 1. The van der Waals surface area contributed by atoms with Gasteiger partial charge in [0.2, 0.25) is 0 Å². The van der Waals surface area contributed by atoms with Crippen LogP contribution in [0.3, 0.4) is 0 Å². The summed E-state index contributed by atoms with van der Waals surface area (Å²) in [6.45, 7) is 4.77. The summed E-state index contributed by atoms with van der Waals surface area (Å²) in [7, 11) is 0. The van der Waals surface area contributed by atoms with Gasteiger partial charge in [-0.05, 0) is 62.8 Å². The molecule has 31 heavy (non-hydrogen) atoms. The lowest BCUT2D eigenvalue weighted by Crippen LogP contribution is -2.06. The number of benzene rings is 1. The number of pyridine rings is 1. The average Bonchev–Trinajstić information content (AvgIpc) is 3.22. The Morgan fingerprint density at radius 1 is 1.13 bits per heavy atom. The van der Waals surface area contributed by atoms with Crippen LogP contribution < -0.4 is 4.74 Å². The Hall–Kier alpha value is -3.22. The number of ether oxygens (including phenoxy) is 1. The van der Waals surface area contributed by atoms with Crippen molar-refractivity contribution in [1.29, 1.82) is 0 Å². The summed E-state index contributed by atoms with van der Waals surface area (Å²) >= 11 is 0. The van der Waals surface area contributed by atoms with Crippen LogP contribution in [-0.4, -0.2) is 37.5 Å². The molecule has 164 valence electrons. The fourth-order valence-electron chi connectivity index (χ4n) is 3.45. The SMILES string of the molecule is CCCc1c(OCCCCc2cnn(CCc3cccnc3)n2)ccc(C(C)=O)c1O. The molecule has 7 heteroatoms. The van der Waals surface area contributed by atoms with Crippen LogP contribution in [0, 0.1) is 0 Å². The Bertz CT molecular complexity index is 986. The highest BCUT2D eigenvalue weighted by atomic mass is 16.5. The molecule has 0 fully saturated rings. The Labute approximate surface area is 183 Å². The molecule has 0 aliphatic rings. The largest absolute Gasteiger partial charge is 0.507 e. The monoisotopic (exact) mass is 422 g/mol. The second-order valence-electron chi connectivity index (χ2n) is 7.59. The minimum atomic E-state index is -0.144. The fourth-order valence-corrected chi connectivity index (χ4v) is 3.45. The summed E-state index contributed by atoms with van der Waals surface area (Å²) in [5, 5.41) is 19.3. The van der Waals surface area contributed by atoms with Gasteiger partial charge in [0.1, 0.15) is 11.5 Å². The number of hydrogen-bond acceptors (Lipinski definition) is 6. The first kappa shape index (κ1) is 22.5. The zero-order valence-corrected chi connectivity index (χ0v) is 18.3. The van der Waals surface area contributed by atoms with Crippen molar-refractivity contribution in [3.8, 4) is 11.5 Å². The molecule has 1 N–H and O–H groups in total. The maximum absolute atomic E-state index is 11.7. The third kappa shape index (κ3) is 6.38. The molecule has 0 saturated carbocycles. The molecule has 1 aromatic carbocycles. The molecule has 2 aromatic heterocycles. The number of nitrogens with zero attached hydrogens (tertiary/aromatic N) is 4. The molecule has 0 amide bonds. The molecule has 0 spiro atoms. The van der Waals surface area contributed by atoms with E-state index in [4.69, 9.17) is 4.74 Å². The maximum atomic E-state index is 11.7. The van der Waals surface area contributed by atoms with Crippen LogP contribution in [0.5, 0.6) is 11.5 Å². The van der Waals surface area contributed by atoms with E-state index in [0.717, 1.165) is 44.3 Å². The molecule has 2 heterocycles. The van der Waals surface area contributed by atoms with Crippen molar-refractivity contribution in [3.63, 3.8) is 0 Å². The third-order valence-electron chi connectivity index (χ3n) is 5.11. The van der Waals surface area contributed by atoms with Gasteiger partial charge in [-0.15, -0.1) is 0 Å². The predicted octanol–water partition coefficient (Wildman–Crippen LogP) is 4.18. The van der Waals surface area contributed by atoms with Crippen LogP contribution in [0.2, 0.25) is 0 Å². The molecule has 0 atom stereocenters. The first-order valence-corrected chi connectivity index (χ1v) is 10.8. The molecule has 3 rings (SSSR count). The Morgan fingerprint density at radius 3 is 2.74 bits per heavy atom.